The van der Waals surface area contributed by atoms with Gasteiger partial charge in [0.25, 0.3) is 0 Å². The van der Waals surface area contributed by atoms with Crippen molar-refractivity contribution in [2.24, 2.45) is 0 Å². The Kier molecular flexibility index (Phi) is 4.67. The van der Waals surface area contributed by atoms with E-state index in [1.54, 1.807) is 0 Å². The molecule has 1 heterocycles. The fourth-order valence-electron chi connectivity index (χ4n) is 0.505. The molecule has 0 aliphatic carbocycles. The molecule has 1 nitrogen and oxygen atoms in total. The highest BCUT2D eigenvalue weighted by Crippen LogP contribution is 2.05. The van der Waals surface area contributed by atoms with Gasteiger partial charge in [-0.1, -0.05) is 20.4 Å². The third kappa shape index (κ3) is 2.80. The molecule has 0 spiro atoms. The first-order valence-electron chi connectivity index (χ1n) is 3.14. The molecule has 48 valence electrons. The lowest BCUT2D eigenvalue weighted by Crippen LogP contribution is -1.76. The lowest BCUT2D eigenvalue weighted by Gasteiger charge is -1.79. The van der Waals surface area contributed by atoms with Crippen molar-refractivity contribution in [3.05, 3.63) is 12.2 Å². The molecular formula is C7H14O. The maximum atomic E-state index is 4.96. The van der Waals surface area contributed by atoms with Crippen molar-refractivity contribution in [1.29, 1.82) is 0 Å². The number of hydrogen-bond acceptors (Lipinski definition) is 1. The summed E-state index contributed by atoms with van der Waals surface area (Å²) in [5.74, 6) is 0. The van der Waals surface area contributed by atoms with Gasteiger partial charge in [-0.2, -0.15) is 0 Å². The average molecular weight is 114 g/mol. The zero-order valence-electron chi connectivity index (χ0n) is 5.74. The van der Waals surface area contributed by atoms with Crippen LogP contribution in [-0.2, 0) is 4.74 Å². The normalized spacial score (nSPS) is 17.5. The summed E-state index contributed by atoms with van der Waals surface area (Å²) in [5, 5.41) is 0. The Morgan fingerprint density at radius 3 is 2.25 bits per heavy atom. The van der Waals surface area contributed by atoms with Crippen LogP contribution >= 0.6 is 0 Å². The van der Waals surface area contributed by atoms with Crippen LogP contribution in [0.4, 0.5) is 0 Å². The first-order chi connectivity index (χ1) is 3.89. The van der Waals surface area contributed by atoms with Crippen molar-refractivity contribution in [1.82, 2.24) is 0 Å². The van der Waals surface area contributed by atoms with E-state index < -0.39 is 0 Å². The topological polar surface area (TPSA) is 9.23 Å². The van der Waals surface area contributed by atoms with Crippen LogP contribution in [0.15, 0.2) is 12.2 Å². The van der Waals surface area contributed by atoms with Gasteiger partial charge in [-0.3, -0.25) is 0 Å². The predicted octanol–water partition coefficient (Wildman–Crippen LogP) is 1.99. The molecule has 1 rings (SSSR count). The van der Waals surface area contributed by atoms with E-state index in [1.807, 2.05) is 13.8 Å². The monoisotopic (exact) mass is 114 g/mol. The molecule has 1 saturated heterocycles. The van der Waals surface area contributed by atoms with Gasteiger partial charge in [-0.15, -0.1) is 0 Å². The van der Waals surface area contributed by atoms with E-state index in [9.17, 15) is 0 Å². The maximum absolute atomic E-state index is 4.96. The summed E-state index contributed by atoms with van der Waals surface area (Å²) < 4.78 is 4.96. The van der Waals surface area contributed by atoms with Gasteiger partial charge in [0.05, 0.1) is 13.2 Å². The van der Waals surface area contributed by atoms with E-state index in [0.717, 1.165) is 19.6 Å². The summed E-state index contributed by atoms with van der Waals surface area (Å²) in [7, 11) is 0. The molecule has 0 aromatic carbocycles. The minimum Gasteiger partial charge on any atom is -0.377 e. The second-order valence-electron chi connectivity index (χ2n) is 1.55. The van der Waals surface area contributed by atoms with Crippen LogP contribution in [0, 0.1) is 0 Å². The van der Waals surface area contributed by atoms with E-state index in [4.69, 9.17) is 4.74 Å². The molecule has 1 fully saturated rings. The number of rotatable bonds is 0. The fraction of sp³-hybridized carbons (Fsp3) is 0.714. The lowest BCUT2D eigenvalue weighted by atomic mass is 10.3. The molecule has 0 radical (unpaired) electrons. The smallest absolute Gasteiger partial charge is 0.0675 e. The van der Waals surface area contributed by atoms with Crippen molar-refractivity contribution >= 4 is 0 Å². The largest absolute Gasteiger partial charge is 0.377 e. The molecule has 8 heavy (non-hydrogen) atoms. The van der Waals surface area contributed by atoms with Gasteiger partial charge >= 0.3 is 0 Å². The SMILES string of the molecule is C=C1CCOC1.CC. The van der Waals surface area contributed by atoms with E-state index in [1.165, 1.54) is 5.57 Å². The van der Waals surface area contributed by atoms with Crippen LogP contribution in [0.2, 0.25) is 0 Å². The highest BCUT2D eigenvalue weighted by atomic mass is 16.5. The Balaban J connectivity index is 0.000000222. The van der Waals surface area contributed by atoms with E-state index in [0.29, 0.717) is 0 Å². The Bertz CT molecular complexity index is 58.8. The van der Waals surface area contributed by atoms with Gasteiger partial charge in [0.15, 0.2) is 0 Å². The average Bonchev–Trinajstić information content (AvgIpc) is 2.24. The van der Waals surface area contributed by atoms with Crippen molar-refractivity contribution in [3.8, 4) is 0 Å². The first kappa shape index (κ1) is 7.70. The summed E-state index contributed by atoms with van der Waals surface area (Å²) in [6, 6.07) is 0. The quantitative estimate of drug-likeness (QED) is 0.437. The third-order valence-corrected chi connectivity index (χ3v) is 0.906. The second-order valence-corrected chi connectivity index (χ2v) is 1.55. The molecule has 1 heteroatoms. The molecule has 0 aromatic heterocycles. The van der Waals surface area contributed by atoms with Crippen LogP contribution in [0.3, 0.4) is 0 Å². The summed E-state index contributed by atoms with van der Waals surface area (Å²) in [4.78, 5) is 0. The highest BCUT2D eigenvalue weighted by molar-refractivity contribution is 4.97. The number of ether oxygens (including phenoxy) is 1. The summed E-state index contributed by atoms with van der Waals surface area (Å²) >= 11 is 0. The summed E-state index contributed by atoms with van der Waals surface area (Å²) in [5.41, 5.74) is 1.23. The molecule has 1 aliphatic rings. The van der Waals surface area contributed by atoms with Crippen LogP contribution in [0.25, 0.3) is 0 Å². The van der Waals surface area contributed by atoms with Gasteiger partial charge in [0.1, 0.15) is 0 Å². The zero-order valence-corrected chi connectivity index (χ0v) is 5.74. The third-order valence-electron chi connectivity index (χ3n) is 0.906. The van der Waals surface area contributed by atoms with Crippen molar-refractivity contribution in [3.63, 3.8) is 0 Å². The van der Waals surface area contributed by atoms with Gasteiger partial charge in [0.2, 0.25) is 0 Å². The van der Waals surface area contributed by atoms with Gasteiger partial charge in [-0.25, -0.2) is 0 Å². The van der Waals surface area contributed by atoms with Gasteiger partial charge in [0, 0.05) is 0 Å². The molecule has 0 aromatic rings. The molecule has 0 N–H and O–H groups in total. The van der Waals surface area contributed by atoms with Crippen molar-refractivity contribution in [2.45, 2.75) is 20.3 Å². The van der Waals surface area contributed by atoms with Crippen LogP contribution in [0.1, 0.15) is 20.3 Å². The highest BCUT2D eigenvalue weighted by Gasteiger charge is 2.00. The minimum absolute atomic E-state index is 0.792. The van der Waals surface area contributed by atoms with Crippen LogP contribution in [0.5, 0.6) is 0 Å². The summed E-state index contributed by atoms with van der Waals surface area (Å²) in [6.07, 6.45) is 1.07. The van der Waals surface area contributed by atoms with Crippen molar-refractivity contribution < 1.29 is 4.74 Å². The van der Waals surface area contributed by atoms with E-state index in [-0.39, 0.29) is 0 Å². The fourth-order valence-corrected chi connectivity index (χ4v) is 0.505. The van der Waals surface area contributed by atoms with Crippen LogP contribution in [-0.4, -0.2) is 13.2 Å². The maximum Gasteiger partial charge on any atom is 0.0675 e. The van der Waals surface area contributed by atoms with E-state index >= 15 is 0 Å². The predicted molar refractivity (Wildman–Crippen MR) is 35.9 cm³/mol. The van der Waals surface area contributed by atoms with Crippen molar-refractivity contribution in [2.75, 3.05) is 13.2 Å². The summed E-state index contributed by atoms with van der Waals surface area (Å²) in [6.45, 7) is 9.41. The molecule has 0 saturated carbocycles. The molecule has 0 unspecified atom stereocenters. The minimum atomic E-state index is 0.792. The Morgan fingerprint density at radius 2 is 2.12 bits per heavy atom. The standard InChI is InChI=1S/C5H8O.C2H6/c1-5-2-3-6-4-5;1-2/h1-4H2;1-2H3. The first-order valence-corrected chi connectivity index (χ1v) is 3.14. The molecule has 1 aliphatic heterocycles. The Labute approximate surface area is 51.4 Å². The number of hydrogen-bond donors (Lipinski definition) is 0. The Hall–Kier alpha value is -0.300. The molecule has 0 bridgehead atoms. The van der Waals surface area contributed by atoms with Gasteiger partial charge < -0.3 is 4.74 Å². The van der Waals surface area contributed by atoms with Crippen LogP contribution < -0.4 is 0 Å². The van der Waals surface area contributed by atoms with Gasteiger partial charge in [-0.05, 0) is 12.0 Å². The molecule has 0 atom stereocenters. The molecular weight excluding hydrogens is 100 g/mol. The van der Waals surface area contributed by atoms with E-state index in [2.05, 4.69) is 6.58 Å². The zero-order chi connectivity index (χ0) is 6.41. The molecule has 0 amide bonds. The lowest BCUT2D eigenvalue weighted by molar-refractivity contribution is 0.205. The Morgan fingerprint density at radius 1 is 1.50 bits per heavy atom. The second kappa shape index (κ2) is 4.85.